The minimum atomic E-state index is 0.783. The van der Waals surface area contributed by atoms with Gasteiger partial charge < -0.3 is 19.3 Å². The Morgan fingerprint density at radius 2 is 1.63 bits per heavy atom. The third kappa shape index (κ3) is 8.52. The summed E-state index contributed by atoms with van der Waals surface area (Å²) in [7, 11) is 3.95. The van der Waals surface area contributed by atoms with Gasteiger partial charge in [-0.2, -0.15) is 0 Å². The third-order valence-electron chi connectivity index (χ3n) is 5.52. The summed E-state index contributed by atoms with van der Waals surface area (Å²) >= 11 is 0. The van der Waals surface area contributed by atoms with Crippen LogP contribution in [0.4, 0.5) is 0 Å². The minimum absolute atomic E-state index is 0.783. The molecule has 2 rings (SSSR count). The van der Waals surface area contributed by atoms with Gasteiger partial charge >= 0.3 is 0 Å². The van der Waals surface area contributed by atoms with Gasteiger partial charge in [0.15, 0.2) is 11.5 Å². The molecule has 0 spiro atoms. The molecule has 0 N–H and O–H groups in total. The van der Waals surface area contributed by atoms with Crippen LogP contribution in [0.3, 0.4) is 0 Å². The molecule has 0 aromatic heterocycles. The smallest absolute Gasteiger partial charge is 0.161 e. The summed E-state index contributed by atoms with van der Waals surface area (Å²) in [6.07, 6.45) is 10.0. The van der Waals surface area contributed by atoms with Crippen molar-refractivity contribution in [1.29, 1.82) is 0 Å². The van der Waals surface area contributed by atoms with Gasteiger partial charge in [-0.3, -0.25) is 0 Å². The number of nitrogens with zero attached hydrogens (tertiary/aromatic N) is 2. The number of ether oxygens (including phenoxy) is 2. The fourth-order valence-corrected chi connectivity index (χ4v) is 3.63. The van der Waals surface area contributed by atoms with Gasteiger partial charge in [0.05, 0.1) is 13.7 Å². The van der Waals surface area contributed by atoms with Crippen molar-refractivity contribution in [3.05, 3.63) is 23.8 Å². The molecule has 0 radical (unpaired) electrons. The van der Waals surface area contributed by atoms with Gasteiger partial charge in [-0.05, 0) is 50.6 Å². The molecule has 4 heteroatoms. The van der Waals surface area contributed by atoms with Crippen LogP contribution in [-0.4, -0.2) is 63.3 Å². The molecule has 0 bridgehead atoms. The molecule has 1 aromatic carbocycles. The lowest BCUT2D eigenvalue weighted by atomic mass is 10.1. The van der Waals surface area contributed by atoms with Crippen molar-refractivity contribution in [1.82, 2.24) is 9.80 Å². The predicted octanol–water partition coefficient (Wildman–Crippen LogP) is 4.61. The second-order valence-corrected chi connectivity index (χ2v) is 7.85. The topological polar surface area (TPSA) is 24.9 Å². The first-order valence-electron chi connectivity index (χ1n) is 10.9. The highest BCUT2D eigenvalue weighted by molar-refractivity contribution is 5.43. The van der Waals surface area contributed by atoms with Gasteiger partial charge in [-0.25, -0.2) is 0 Å². The first-order chi connectivity index (χ1) is 13.2. The van der Waals surface area contributed by atoms with Crippen LogP contribution in [0.15, 0.2) is 18.2 Å². The van der Waals surface area contributed by atoms with Crippen LogP contribution in [0.2, 0.25) is 0 Å². The summed E-state index contributed by atoms with van der Waals surface area (Å²) in [6.45, 7) is 9.01. The molecule has 154 valence electrons. The molecular formula is C23H40N2O2. The SMILES string of the molecule is CCCCCCCCOc1ccc(CCCN2CCN(C)CC2)cc1OC. The molecule has 1 aliphatic heterocycles. The maximum atomic E-state index is 5.96. The Morgan fingerprint density at radius 1 is 0.889 bits per heavy atom. The molecule has 0 aliphatic carbocycles. The van der Waals surface area contributed by atoms with Gasteiger partial charge in [0.2, 0.25) is 0 Å². The quantitative estimate of drug-likeness (QED) is 0.469. The molecule has 1 saturated heterocycles. The molecule has 0 amide bonds. The first-order valence-corrected chi connectivity index (χ1v) is 10.9. The van der Waals surface area contributed by atoms with Gasteiger partial charge in [-0.15, -0.1) is 0 Å². The van der Waals surface area contributed by atoms with Crippen molar-refractivity contribution >= 4 is 0 Å². The minimum Gasteiger partial charge on any atom is -0.493 e. The van der Waals surface area contributed by atoms with Crippen LogP contribution in [0.1, 0.15) is 57.4 Å². The van der Waals surface area contributed by atoms with E-state index in [1.54, 1.807) is 7.11 Å². The lowest BCUT2D eigenvalue weighted by Gasteiger charge is -2.32. The van der Waals surface area contributed by atoms with Crippen LogP contribution in [0.25, 0.3) is 0 Å². The number of aryl methyl sites for hydroxylation is 1. The Balaban J connectivity index is 1.68. The van der Waals surface area contributed by atoms with Gasteiger partial charge in [0.25, 0.3) is 0 Å². The number of methoxy groups -OCH3 is 1. The van der Waals surface area contributed by atoms with Gasteiger partial charge in [0.1, 0.15) is 0 Å². The molecule has 1 aromatic rings. The summed E-state index contributed by atoms with van der Waals surface area (Å²) in [5, 5.41) is 0. The molecular weight excluding hydrogens is 336 g/mol. The van der Waals surface area contributed by atoms with Crippen LogP contribution in [0.5, 0.6) is 11.5 Å². The predicted molar refractivity (Wildman–Crippen MR) is 114 cm³/mol. The summed E-state index contributed by atoms with van der Waals surface area (Å²) in [5.74, 6) is 1.76. The van der Waals surface area contributed by atoms with Crippen LogP contribution >= 0.6 is 0 Å². The maximum Gasteiger partial charge on any atom is 0.161 e. The second kappa shape index (κ2) is 13.0. The lowest BCUT2D eigenvalue weighted by molar-refractivity contribution is 0.153. The average molecular weight is 377 g/mol. The highest BCUT2D eigenvalue weighted by Gasteiger charge is 2.13. The zero-order valence-electron chi connectivity index (χ0n) is 17.8. The van der Waals surface area contributed by atoms with E-state index in [-0.39, 0.29) is 0 Å². The van der Waals surface area contributed by atoms with Gasteiger partial charge in [0, 0.05) is 26.2 Å². The zero-order valence-corrected chi connectivity index (χ0v) is 17.8. The second-order valence-electron chi connectivity index (χ2n) is 7.85. The molecule has 1 heterocycles. The Labute approximate surface area is 166 Å². The monoisotopic (exact) mass is 376 g/mol. The van der Waals surface area contributed by atoms with Crippen LogP contribution in [0, 0.1) is 0 Å². The van der Waals surface area contributed by atoms with Crippen molar-refractivity contribution in [2.45, 2.75) is 58.3 Å². The Morgan fingerprint density at radius 3 is 2.37 bits per heavy atom. The van der Waals surface area contributed by atoms with E-state index >= 15 is 0 Å². The normalized spacial score (nSPS) is 15.8. The van der Waals surface area contributed by atoms with E-state index in [0.717, 1.165) is 30.9 Å². The number of unbranched alkanes of at least 4 members (excludes halogenated alkanes) is 5. The average Bonchev–Trinajstić information content (AvgIpc) is 2.69. The van der Waals surface area contributed by atoms with Crippen LogP contribution in [-0.2, 0) is 6.42 Å². The lowest BCUT2D eigenvalue weighted by Crippen LogP contribution is -2.44. The standard InChI is InChI=1S/C23H40N2O2/c1-4-5-6-7-8-9-19-27-22-13-12-21(20-23(22)26-3)11-10-14-25-17-15-24(2)16-18-25/h12-13,20H,4-11,14-19H2,1-3H3. The number of likely N-dealkylation sites (N-methyl/N-ethyl adjacent to an activating group) is 1. The number of hydrogen-bond acceptors (Lipinski definition) is 4. The van der Waals surface area contributed by atoms with Crippen molar-refractivity contribution in [2.24, 2.45) is 0 Å². The van der Waals surface area contributed by atoms with Crippen LogP contribution < -0.4 is 9.47 Å². The number of rotatable bonds is 13. The highest BCUT2D eigenvalue weighted by Crippen LogP contribution is 2.29. The van der Waals surface area contributed by atoms with Gasteiger partial charge in [-0.1, -0.05) is 45.1 Å². The van der Waals surface area contributed by atoms with E-state index in [1.165, 1.54) is 76.8 Å². The molecule has 27 heavy (non-hydrogen) atoms. The zero-order chi connectivity index (χ0) is 19.3. The fourth-order valence-electron chi connectivity index (χ4n) is 3.63. The summed E-state index contributed by atoms with van der Waals surface area (Å²) in [6, 6.07) is 6.44. The van der Waals surface area contributed by atoms with E-state index in [4.69, 9.17) is 9.47 Å². The number of benzene rings is 1. The van der Waals surface area contributed by atoms with E-state index < -0.39 is 0 Å². The molecule has 4 nitrogen and oxygen atoms in total. The molecule has 1 aliphatic rings. The fraction of sp³-hybridized carbons (Fsp3) is 0.739. The Kier molecular flexibility index (Phi) is 10.6. The Bertz CT molecular complexity index is 513. The van der Waals surface area contributed by atoms with Crippen molar-refractivity contribution in [3.63, 3.8) is 0 Å². The summed E-state index contributed by atoms with van der Waals surface area (Å²) in [4.78, 5) is 4.99. The Hall–Kier alpha value is -1.26. The third-order valence-corrected chi connectivity index (χ3v) is 5.52. The number of hydrogen-bond donors (Lipinski definition) is 0. The largest absolute Gasteiger partial charge is 0.493 e. The molecule has 0 saturated carbocycles. The first kappa shape index (κ1) is 22.0. The summed E-state index contributed by atoms with van der Waals surface area (Å²) in [5.41, 5.74) is 1.34. The van der Waals surface area contributed by atoms with E-state index in [2.05, 4.69) is 42.0 Å². The number of piperazine rings is 1. The van der Waals surface area contributed by atoms with Crippen molar-refractivity contribution in [2.75, 3.05) is 53.5 Å². The highest BCUT2D eigenvalue weighted by atomic mass is 16.5. The van der Waals surface area contributed by atoms with E-state index in [1.807, 2.05) is 0 Å². The maximum absolute atomic E-state index is 5.96. The molecule has 1 fully saturated rings. The van der Waals surface area contributed by atoms with Crippen molar-refractivity contribution < 1.29 is 9.47 Å². The molecule has 0 unspecified atom stereocenters. The summed E-state index contributed by atoms with van der Waals surface area (Å²) < 4.78 is 11.5. The van der Waals surface area contributed by atoms with Crippen molar-refractivity contribution in [3.8, 4) is 11.5 Å². The molecule has 0 atom stereocenters. The van der Waals surface area contributed by atoms with E-state index in [0.29, 0.717) is 0 Å². The van der Waals surface area contributed by atoms with E-state index in [9.17, 15) is 0 Å².